The van der Waals surface area contributed by atoms with Gasteiger partial charge in [-0.15, -0.1) is 0 Å². The Labute approximate surface area is 112 Å². The Balaban J connectivity index is 2.64. The summed E-state index contributed by atoms with van der Waals surface area (Å²) in [6, 6.07) is 4.79. The summed E-state index contributed by atoms with van der Waals surface area (Å²) < 4.78 is 18.4. The van der Waals surface area contributed by atoms with E-state index in [1.54, 1.807) is 19.1 Å². The molecular weight excluding hydrogens is 249 g/mol. The van der Waals surface area contributed by atoms with Gasteiger partial charge in [0.1, 0.15) is 0 Å². The van der Waals surface area contributed by atoms with E-state index in [-0.39, 0.29) is 5.75 Å². The summed E-state index contributed by atoms with van der Waals surface area (Å²) in [5.74, 6) is -1.14. The van der Waals surface area contributed by atoms with E-state index >= 15 is 0 Å². The molecule has 0 aliphatic rings. The largest absolute Gasteiger partial charge is 0.494 e. The van der Waals surface area contributed by atoms with Gasteiger partial charge in [0.2, 0.25) is 0 Å². The molecule has 0 unspecified atom stereocenters. The zero-order valence-corrected chi connectivity index (χ0v) is 11.3. The first kappa shape index (κ1) is 15.2. The fourth-order valence-corrected chi connectivity index (χ4v) is 1.86. The van der Waals surface area contributed by atoms with E-state index in [9.17, 15) is 9.18 Å². The van der Waals surface area contributed by atoms with E-state index in [2.05, 4.69) is 0 Å². The molecule has 0 saturated carbocycles. The zero-order chi connectivity index (χ0) is 14.4. The van der Waals surface area contributed by atoms with Crippen LogP contribution in [0.3, 0.4) is 0 Å². The third kappa shape index (κ3) is 5.09. The molecule has 1 aromatic carbocycles. The highest BCUT2D eigenvalue weighted by molar-refractivity contribution is 5.80. The van der Waals surface area contributed by atoms with Crippen molar-refractivity contribution in [1.29, 1.82) is 0 Å². The number of methoxy groups -OCH3 is 1. The van der Waals surface area contributed by atoms with Gasteiger partial charge in [-0.25, -0.2) is 9.18 Å². The van der Waals surface area contributed by atoms with Crippen LogP contribution in [-0.4, -0.2) is 36.7 Å². The van der Waals surface area contributed by atoms with Crippen molar-refractivity contribution in [1.82, 2.24) is 4.90 Å². The van der Waals surface area contributed by atoms with Crippen LogP contribution < -0.4 is 4.74 Å². The van der Waals surface area contributed by atoms with Gasteiger partial charge in [-0.3, -0.25) is 4.90 Å². The molecule has 0 spiro atoms. The van der Waals surface area contributed by atoms with Crippen LogP contribution >= 0.6 is 0 Å². The number of nitrogens with zero attached hydrogens (tertiary/aromatic N) is 1. The molecule has 0 amide bonds. The average Bonchev–Trinajstić information content (AvgIpc) is 2.27. The van der Waals surface area contributed by atoms with Crippen LogP contribution in [0.4, 0.5) is 4.39 Å². The van der Waals surface area contributed by atoms with E-state index in [1.807, 2.05) is 11.9 Å². The molecule has 0 fully saturated rings. The molecule has 0 bridgehead atoms. The number of carbonyl (C=O) groups is 1. The third-order valence-corrected chi connectivity index (χ3v) is 2.56. The number of hydrogen-bond donors (Lipinski definition) is 1. The van der Waals surface area contributed by atoms with Crippen molar-refractivity contribution < 1.29 is 19.0 Å². The number of ether oxygens (including phenoxy) is 1. The Bertz CT molecular complexity index is 486. The van der Waals surface area contributed by atoms with Gasteiger partial charge in [-0.2, -0.15) is 0 Å². The predicted octanol–water partition coefficient (Wildman–Crippen LogP) is 2.30. The van der Waals surface area contributed by atoms with Crippen LogP contribution in [-0.2, 0) is 11.3 Å². The standard InChI is InChI=1S/C14H18FNO3/c1-10(6-14(17)18)8-16(2)9-11-4-5-13(19-3)12(15)7-11/h4-7H,8-9H2,1-3H3,(H,17,18). The Kier molecular flexibility index (Phi) is 5.51. The molecule has 0 atom stereocenters. The second kappa shape index (κ2) is 6.89. The molecular formula is C14H18FNO3. The maximum absolute atomic E-state index is 13.5. The highest BCUT2D eigenvalue weighted by Gasteiger charge is 2.06. The molecule has 1 N–H and O–H groups in total. The van der Waals surface area contributed by atoms with E-state index in [1.165, 1.54) is 19.3 Å². The van der Waals surface area contributed by atoms with Crippen molar-refractivity contribution in [3.8, 4) is 5.75 Å². The molecule has 19 heavy (non-hydrogen) atoms. The van der Waals surface area contributed by atoms with Gasteiger partial charge < -0.3 is 9.84 Å². The molecule has 0 saturated heterocycles. The average molecular weight is 267 g/mol. The lowest BCUT2D eigenvalue weighted by molar-refractivity contribution is -0.131. The van der Waals surface area contributed by atoms with Crippen molar-refractivity contribution >= 4 is 5.97 Å². The molecule has 0 radical (unpaired) electrons. The fourth-order valence-electron chi connectivity index (χ4n) is 1.86. The zero-order valence-electron chi connectivity index (χ0n) is 11.3. The summed E-state index contributed by atoms with van der Waals surface area (Å²) in [7, 11) is 3.27. The second-order valence-corrected chi connectivity index (χ2v) is 4.47. The van der Waals surface area contributed by atoms with Crippen LogP contribution in [0.25, 0.3) is 0 Å². The topological polar surface area (TPSA) is 49.8 Å². The van der Waals surface area contributed by atoms with Gasteiger partial charge >= 0.3 is 5.97 Å². The van der Waals surface area contributed by atoms with Crippen LogP contribution in [0.1, 0.15) is 12.5 Å². The maximum atomic E-state index is 13.5. The molecule has 5 heteroatoms. The van der Waals surface area contributed by atoms with Crippen LogP contribution in [0, 0.1) is 5.82 Å². The van der Waals surface area contributed by atoms with E-state index in [4.69, 9.17) is 9.84 Å². The number of carboxylic acid groups (broad SMARTS) is 1. The fraction of sp³-hybridized carbons (Fsp3) is 0.357. The number of likely N-dealkylation sites (N-methyl/N-ethyl adjacent to an activating group) is 1. The number of carboxylic acids is 1. The van der Waals surface area contributed by atoms with Crippen molar-refractivity contribution in [2.45, 2.75) is 13.5 Å². The monoisotopic (exact) mass is 267 g/mol. The molecule has 1 rings (SSSR count). The first-order valence-corrected chi connectivity index (χ1v) is 5.83. The van der Waals surface area contributed by atoms with Gasteiger partial charge in [-0.1, -0.05) is 11.6 Å². The highest BCUT2D eigenvalue weighted by Crippen LogP contribution is 2.18. The molecule has 0 aromatic heterocycles. The van der Waals surface area contributed by atoms with Crippen molar-refractivity contribution in [3.63, 3.8) is 0 Å². The molecule has 0 aliphatic carbocycles. The minimum atomic E-state index is -0.957. The Morgan fingerprint density at radius 3 is 2.74 bits per heavy atom. The van der Waals surface area contributed by atoms with Gasteiger partial charge in [0, 0.05) is 19.2 Å². The maximum Gasteiger partial charge on any atom is 0.328 e. The highest BCUT2D eigenvalue weighted by atomic mass is 19.1. The lowest BCUT2D eigenvalue weighted by Crippen LogP contribution is -2.20. The first-order valence-electron chi connectivity index (χ1n) is 5.83. The van der Waals surface area contributed by atoms with E-state index in [0.717, 1.165) is 11.1 Å². The summed E-state index contributed by atoms with van der Waals surface area (Å²) in [5, 5.41) is 8.62. The van der Waals surface area contributed by atoms with Gasteiger partial charge in [0.25, 0.3) is 0 Å². The predicted molar refractivity (Wildman–Crippen MR) is 70.7 cm³/mol. The SMILES string of the molecule is COc1ccc(CN(C)CC(C)=CC(=O)O)cc1F. The number of aliphatic carboxylic acids is 1. The van der Waals surface area contributed by atoms with Crippen LogP contribution in [0.15, 0.2) is 29.8 Å². The third-order valence-electron chi connectivity index (χ3n) is 2.56. The minimum Gasteiger partial charge on any atom is -0.494 e. The number of benzene rings is 1. The Morgan fingerprint density at radius 2 is 2.21 bits per heavy atom. The first-order chi connectivity index (χ1) is 8.92. The number of rotatable bonds is 6. The van der Waals surface area contributed by atoms with E-state index in [0.29, 0.717) is 13.1 Å². The molecule has 1 aromatic rings. The van der Waals surface area contributed by atoms with Gasteiger partial charge in [-0.05, 0) is 31.7 Å². The quantitative estimate of drug-likeness (QED) is 0.803. The Hall–Kier alpha value is -1.88. The summed E-state index contributed by atoms with van der Waals surface area (Å²) >= 11 is 0. The molecule has 0 heterocycles. The van der Waals surface area contributed by atoms with Crippen molar-refractivity contribution in [3.05, 3.63) is 41.2 Å². The minimum absolute atomic E-state index is 0.216. The van der Waals surface area contributed by atoms with Crippen molar-refractivity contribution in [2.75, 3.05) is 20.7 Å². The van der Waals surface area contributed by atoms with E-state index < -0.39 is 11.8 Å². The second-order valence-electron chi connectivity index (χ2n) is 4.47. The number of hydrogen-bond acceptors (Lipinski definition) is 3. The summed E-state index contributed by atoms with van der Waals surface area (Å²) in [6.45, 7) is 2.80. The lowest BCUT2D eigenvalue weighted by Gasteiger charge is -2.17. The smallest absolute Gasteiger partial charge is 0.328 e. The number of halogens is 1. The summed E-state index contributed by atoms with van der Waals surface area (Å²) in [4.78, 5) is 12.4. The van der Waals surface area contributed by atoms with Gasteiger partial charge in [0.05, 0.1) is 7.11 Å². The summed E-state index contributed by atoms with van der Waals surface area (Å²) in [5.41, 5.74) is 1.55. The van der Waals surface area contributed by atoms with Gasteiger partial charge in [0.15, 0.2) is 11.6 Å². The normalized spacial score (nSPS) is 11.7. The van der Waals surface area contributed by atoms with Crippen LogP contribution in [0.2, 0.25) is 0 Å². The Morgan fingerprint density at radius 1 is 1.53 bits per heavy atom. The molecule has 104 valence electrons. The molecule has 4 nitrogen and oxygen atoms in total. The lowest BCUT2D eigenvalue weighted by atomic mass is 10.2. The summed E-state index contributed by atoms with van der Waals surface area (Å²) in [6.07, 6.45) is 1.17. The van der Waals surface area contributed by atoms with Crippen LogP contribution in [0.5, 0.6) is 5.75 Å². The molecule has 0 aliphatic heterocycles. The van der Waals surface area contributed by atoms with Crippen molar-refractivity contribution in [2.24, 2.45) is 0 Å².